The van der Waals surface area contributed by atoms with E-state index in [2.05, 4.69) is 20.1 Å². The number of aromatic nitrogens is 4. The average Bonchev–Trinajstić information content (AvgIpc) is 3.14. The first kappa shape index (κ1) is 15.6. The molecule has 0 atom stereocenters. The smallest absolute Gasteiger partial charge is 0.251 e. The zero-order valence-corrected chi connectivity index (χ0v) is 13.2. The third kappa shape index (κ3) is 2.85. The van der Waals surface area contributed by atoms with Crippen molar-refractivity contribution in [2.45, 2.75) is 18.3 Å². The van der Waals surface area contributed by atoms with Gasteiger partial charge in [-0.2, -0.15) is 4.98 Å². The minimum Gasteiger partial charge on any atom is -0.381 e. The lowest BCUT2D eigenvalue weighted by atomic mass is 9.74. The van der Waals surface area contributed by atoms with Gasteiger partial charge in [0.2, 0.25) is 11.7 Å². The van der Waals surface area contributed by atoms with Crippen LogP contribution in [0, 0.1) is 5.82 Å². The number of benzene rings is 1. The molecule has 25 heavy (non-hydrogen) atoms. The lowest BCUT2D eigenvalue weighted by Gasteiger charge is -2.34. The monoisotopic (exact) mass is 342 g/mol. The fourth-order valence-corrected chi connectivity index (χ4v) is 3.13. The van der Waals surface area contributed by atoms with Gasteiger partial charge in [-0.05, 0) is 30.5 Å². The van der Waals surface area contributed by atoms with Crippen molar-refractivity contribution >= 4 is 0 Å². The molecule has 0 saturated carbocycles. The van der Waals surface area contributed by atoms with Crippen LogP contribution in [-0.4, -0.2) is 33.3 Å². The summed E-state index contributed by atoms with van der Waals surface area (Å²) in [7, 11) is 0. The lowest BCUT2D eigenvalue weighted by molar-refractivity contribution is 0.0523. The van der Waals surface area contributed by atoms with E-state index in [1.807, 2.05) is 0 Å². The van der Waals surface area contributed by atoms with Crippen LogP contribution in [0.2, 0.25) is 0 Å². The third-order valence-corrected chi connectivity index (χ3v) is 4.49. The molecule has 4 rings (SSSR count). The molecule has 0 bridgehead atoms. The second kappa shape index (κ2) is 6.21. The molecule has 7 nitrogen and oxygen atoms in total. The molecule has 1 N–H and O–H groups in total. The maximum Gasteiger partial charge on any atom is 0.251 e. The molecule has 0 amide bonds. The Morgan fingerprint density at radius 1 is 1.16 bits per heavy atom. The van der Waals surface area contributed by atoms with Crippen molar-refractivity contribution in [3.63, 3.8) is 0 Å². The van der Waals surface area contributed by atoms with Crippen molar-refractivity contribution in [3.05, 3.63) is 64.3 Å². The number of ether oxygens (including phenoxy) is 1. The molecule has 2 aromatic heterocycles. The molecule has 1 aliphatic rings. The van der Waals surface area contributed by atoms with Crippen molar-refractivity contribution in [2.24, 2.45) is 0 Å². The largest absolute Gasteiger partial charge is 0.381 e. The van der Waals surface area contributed by atoms with Gasteiger partial charge in [0.25, 0.3) is 5.56 Å². The van der Waals surface area contributed by atoms with Gasteiger partial charge in [0, 0.05) is 19.3 Å². The number of hydrogen-bond donors (Lipinski definition) is 1. The molecule has 0 aliphatic carbocycles. The molecule has 8 heteroatoms. The van der Waals surface area contributed by atoms with E-state index in [-0.39, 0.29) is 17.2 Å². The zero-order valence-electron chi connectivity index (χ0n) is 13.2. The second-order valence-electron chi connectivity index (χ2n) is 5.92. The Balaban J connectivity index is 1.78. The van der Waals surface area contributed by atoms with E-state index in [1.165, 1.54) is 24.5 Å². The van der Waals surface area contributed by atoms with Crippen LogP contribution in [0.25, 0.3) is 11.5 Å². The molecule has 0 spiro atoms. The van der Waals surface area contributed by atoms with Crippen molar-refractivity contribution < 1.29 is 13.7 Å². The van der Waals surface area contributed by atoms with E-state index in [9.17, 15) is 9.18 Å². The summed E-state index contributed by atoms with van der Waals surface area (Å²) in [6.07, 6.45) is 2.57. The van der Waals surface area contributed by atoms with Crippen LogP contribution in [0.1, 0.15) is 24.3 Å². The summed E-state index contributed by atoms with van der Waals surface area (Å²) < 4.78 is 24.3. The number of nitrogens with zero attached hydrogens (tertiary/aromatic N) is 3. The highest BCUT2D eigenvalue weighted by Crippen LogP contribution is 2.40. The van der Waals surface area contributed by atoms with Gasteiger partial charge in [-0.3, -0.25) is 4.79 Å². The van der Waals surface area contributed by atoms with Gasteiger partial charge in [0.15, 0.2) is 0 Å². The van der Waals surface area contributed by atoms with E-state index < -0.39 is 5.41 Å². The Morgan fingerprint density at radius 2 is 1.92 bits per heavy atom. The fraction of sp³-hybridized carbons (Fsp3) is 0.294. The van der Waals surface area contributed by atoms with Crippen molar-refractivity contribution in [1.82, 2.24) is 20.1 Å². The molecule has 1 aromatic carbocycles. The maximum absolute atomic E-state index is 13.3. The van der Waals surface area contributed by atoms with E-state index in [0.29, 0.717) is 37.6 Å². The predicted octanol–water partition coefficient (Wildman–Crippen LogP) is 2.06. The predicted molar refractivity (Wildman–Crippen MR) is 85.4 cm³/mol. The van der Waals surface area contributed by atoms with Crippen molar-refractivity contribution in [3.8, 4) is 11.5 Å². The summed E-state index contributed by atoms with van der Waals surface area (Å²) in [4.78, 5) is 22.4. The van der Waals surface area contributed by atoms with E-state index in [1.54, 1.807) is 12.1 Å². The number of rotatable bonds is 3. The van der Waals surface area contributed by atoms with Crippen LogP contribution >= 0.6 is 0 Å². The topological polar surface area (TPSA) is 93.9 Å². The lowest BCUT2D eigenvalue weighted by Crippen LogP contribution is -2.35. The molecule has 0 radical (unpaired) electrons. The van der Waals surface area contributed by atoms with Gasteiger partial charge in [0.1, 0.15) is 11.5 Å². The number of halogens is 1. The van der Waals surface area contributed by atoms with E-state index in [0.717, 1.165) is 5.56 Å². The Labute approximate surface area is 141 Å². The molecule has 3 aromatic rings. The van der Waals surface area contributed by atoms with Crippen molar-refractivity contribution in [1.29, 1.82) is 0 Å². The fourth-order valence-electron chi connectivity index (χ4n) is 3.13. The van der Waals surface area contributed by atoms with Gasteiger partial charge in [0.05, 0.1) is 11.7 Å². The van der Waals surface area contributed by atoms with Crippen LogP contribution in [0.15, 0.2) is 46.0 Å². The van der Waals surface area contributed by atoms with Crippen LogP contribution in [-0.2, 0) is 10.2 Å². The van der Waals surface area contributed by atoms with E-state index >= 15 is 0 Å². The van der Waals surface area contributed by atoms with E-state index in [4.69, 9.17) is 9.26 Å². The number of H-pyrrole nitrogens is 1. The van der Waals surface area contributed by atoms with Gasteiger partial charge in [-0.1, -0.05) is 17.3 Å². The number of aromatic amines is 1. The van der Waals surface area contributed by atoms with Gasteiger partial charge in [-0.25, -0.2) is 9.37 Å². The van der Waals surface area contributed by atoms with Crippen LogP contribution < -0.4 is 5.56 Å². The molecule has 1 aliphatic heterocycles. The number of nitrogens with one attached hydrogen (secondary N) is 1. The summed E-state index contributed by atoms with van der Waals surface area (Å²) >= 11 is 0. The molecule has 0 unspecified atom stereocenters. The average molecular weight is 342 g/mol. The van der Waals surface area contributed by atoms with Gasteiger partial charge in [-0.15, -0.1) is 0 Å². The Morgan fingerprint density at radius 3 is 2.64 bits per heavy atom. The van der Waals surface area contributed by atoms with Crippen molar-refractivity contribution in [2.75, 3.05) is 13.2 Å². The Bertz CT molecular complexity index is 929. The molecule has 128 valence electrons. The zero-order chi connectivity index (χ0) is 17.3. The normalized spacial score (nSPS) is 16.7. The van der Waals surface area contributed by atoms with Gasteiger partial charge < -0.3 is 14.2 Å². The Kier molecular flexibility index (Phi) is 3.89. The molecule has 1 saturated heterocycles. The second-order valence-corrected chi connectivity index (χ2v) is 5.92. The molecule has 3 heterocycles. The molecule has 1 fully saturated rings. The number of hydrogen-bond acceptors (Lipinski definition) is 6. The highest BCUT2D eigenvalue weighted by atomic mass is 19.1. The highest BCUT2D eigenvalue weighted by Gasteiger charge is 2.41. The summed E-state index contributed by atoms with van der Waals surface area (Å²) in [5, 5.41) is 3.97. The summed E-state index contributed by atoms with van der Waals surface area (Å²) in [6.45, 7) is 1.08. The van der Waals surface area contributed by atoms with Crippen LogP contribution in [0.3, 0.4) is 0 Å². The third-order valence-electron chi connectivity index (χ3n) is 4.49. The first-order valence-corrected chi connectivity index (χ1v) is 7.90. The molecular formula is C17H15FN4O3. The minimum atomic E-state index is -0.543. The summed E-state index contributed by atoms with van der Waals surface area (Å²) in [5.74, 6) is 0.360. The first-order valence-electron chi connectivity index (χ1n) is 7.90. The standard InChI is InChI=1S/C17H15FN4O3/c18-12-3-1-11(2-4-12)17(5-7-24-8-6-17)16-21-15(22-25-16)13-9-14(23)20-10-19-13/h1-4,9-10H,5-8H2,(H,19,20,23). The van der Waals surface area contributed by atoms with Gasteiger partial charge >= 0.3 is 0 Å². The first-order chi connectivity index (χ1) is 12.2. The SMILES string of the molecule is O=c1cc(-c2noc(C3(c4ccc(F)cc4)CCOCC3)n2)nc[nH]1. The quantitative estimate of drug-likeness (QED) is 0.783. The summed E-state index contributed by atoms with van der Waals surface area (Å²) in [6, 6.07) is 7.61. The van der Waals surface area contributed by atoms with Crippen LogP contribution in [0.4, 0.5) is 4.39 Å². The van der Waals surface area contributed by atoms with Crippen LogP contribution in [0.5, 0.6) is 0 Å². The molecular weight excluding hydrogens is 327 g/mol. The maximum atomic E-state index is 13.3. The Hall–Kier alpha value is -2.87. The summed E-state index contributed by atoms with van der Waals surface area (Å²) in [5.41, 5.74) is 0.389. The minimum absolute atomic E-state index is 0.245. The highest BCUT2D eigenvalue weighted by molar-refractivity contribution is 5.47.